The lowest BCUT2D eigenvalue weighted by Gasteiger charge is -2.24. The van der Waals surface area contributed by atoms with E-state index in [4.69, 9.17) is 9.47 Å². The van der Waals surface area contributed by atoms with Crippen LogP contribution in [0.2, 0.25) is 0 Å². The van der Waals surface area contributed by atoms with Crippen LogP contribution < -0.4 is 20.1 Å². The van der Waals surface area contributed by atoms with E-state index in [9.17, 15) is 22.4 Å². The maximum Gasteiger partial charge on any atom is 0.246 e. The number of hydrogen-bond donors (Lipinski definition) is 2. The Morgan fingerprint density at radius 2 is 1.82 bits per heavy atom. The number of ether oxygens (including phenoxy) is 2. The second-order valence-electron chi connectivity index (χ2n) is 10.4. The summed E-state index contributed by atoms with van der Waals surface area (Å²) >= 11 is 0. The molecule has 13 heteroatoms. The molecule has 4 aromatic rings. The van der Waals surface area contributed by atoms with E-state index in [0.717, 1.165) is 27.6 Å². The normalized spacial score (nSPS) is 17.2. The Balaban J connectivity index is 1.48. The molecule has 0 saturated heterocycles. The van der Waals surface area contributed by atoms with Crippen molar-refractivity contribution in [3.63, 3.8) is 0 Å². The molecule has 0 spiro atoms. The van der Waals surface area contributed by atoms with Crippen LogP contribution in [0.1, 0.15) is 12.0 Å². The predicted molar refractivity (Wildman–Crippen MR) is 165 cm³/mol. The molecule has 11 nitrogen and oxygen atoms in total. The number of methoxy groups -OCH3 is 1. The first-order valence-electron chi connectivity index (χ1n) is 14.4. The van der Waals surface area contributed by atoms with Gasteiger partial charge in [-0.1, -0.05) is 42.5 Å². The Morgan fingerprint density at radius 3 is 2.60 bits per heavy atom. The molecule has 2 bridgehead atoms. The molecule has 1 aliphatic heterocycles. The Kier molecular flexibility index (Phi) is 10.1. The predicted octanol–water partition coefficient (Wildman–Crippen LogP) is 3.01. The molecule has 2 N–H and O–H groups in total. The summed E-state index contributed by atoms with van der Waals surface area (Å²) in [5, 5.41) is 5.58. The molecule has 1 aliphatic rings. The molecule has 0 fully saturated rings. The maximum atomic E-state index is 14.7. The topological polar surface area (TPSA) is 132 Å². The number of carbonyl (C=O) groups excluding carboxylic acids is 2. The summed E-state index contributed by atoms with van der Waals surface area (Å²) in [6, 6.07) is 18.5. The van der Waals surface area contributed by atoms with Gasteiger partial charge in [-0.15, -0.1) is 0 Å². The Bertz CT molecular complexity index is 1750. The standard InChI is InChI=1S/C32H34FN5O6S/c1-43-27-13-12-24-21-28(27)44-19-7-16-38(45(41,42)29-11-6-5-10-25(29)33)22-30(39)36-26(20-23-8-3-2-4-9-23)32(40)35-15-18-37-17-14-34-31(24)37/h2-6,8-14,17,21,26H,7,15-16,18-20,22H2,1H3,(H,35,40)(H,36,39)/t26-/m0/s1. The highest BCUT2D eigenvalue weighted by Crippen LogP contribution is 2.32. The smallest absolute Gasteiger partial charge is 0.246 e. The molecule has 1 aromatic heterocycles. The zero-order valence-electron chi connectivity index (χ0n) is 24.7. The average Bonchev–Trinajstić information content (AvgIpc) is 3.50. The molecule has 5 rings (SSSR count). The molecule has 0 aliphatic carbocycles. The van der Waals surface area contributed by atoms with Crippen LogP contribution in [0.15, 0.2) is 90.1 Å². The third kappa shape index (κ3) is 7.67. The van der Waals surface area contributed by atoms with Crippen molar-refractivity contribution in [1.29, 1.82) is 0 Å². The fourth-order valence-corrected chi connectivity index (χ4v) is 6.56. The van der Waals surface area contributed by atoms with Gasteiger partial charge in [-0.2, -0.15) is 4.31 Å². The molecular weight excluding hydrogens is 601 g/mol. The number of aromatic nitrogens is 2. The van der Waals surface area contributed by atoms with Crippen molar-refractivity contribution in [2.24, 2.45) is 0 Å². The van der Waals surface area contributed by atoms with Crippen LogP contribution in [0.4, 0.5) is 4.39 Å². The molecule has 2 amide bonds. The number of halogens is 1. The summed E-state index contributed by atoms with van der Waals surface area (Å²) in [5.41, 5.74) is 1.56. The van der Waals surface area contributed by atoms with Crippen LogP contribution in [0, 0.1) is 5.82 Å². The first kappa shape index (κ1) is 31.7. The Morgan fingerprint density at radius 1 is 1.04 bits per heavy atom. The number of carbonyl (C=O) groups is 2. The second-order valence-corrected chi connectivity index (χ2v) is 12.3. The fraction of sp³-hybridized carbons (Fsp3) is 0.281. The summed E-state index contributed by atoms with van der Waals surface area (Å²) in [7, 11) is -2.92. The van der Waals surface area contributed by atoms with E-state index in [1.807, 2.05) is 41.0 Å². The van der Waals surface area contributed by atoms with E-state index in [1.165, 1.54) is 19.2 Å². The highest BCUT2D eigenvalue weighted by Gasteiger charge is 2.30. The van der Waals surface area contributed by atoms with Crippen LogP contribution >= 0.6 is 0 Å². The third-order valence-electron chi connectivity index (χ3n) is 7.31. The number of nitrogens with one attached hydrogen (secondary N) is 2. The quantitative estimate of drug-likeness (QED) is 0.345. The van der Waals surface area contributed by atoms with Gasteiger partial charge < -0.3 is 24.7 Å². The van der Waals surface area contributed by atoms with Crippen molar-refractivity contribution in [1.82, 2.24) is 24.5 Å². The molecule has 0 unspecified atom stereocenters. The lowest BCUT2D eigenvalue weighted by atomic mass is 10.1. The van der Waals surface area contributed by atoms with Gasteiger partial charge in [-0.3, -0.25) is 9.59 Å². The summed E-state index contributed by atoms with van der Waals surface area (Å²) in [6.45, 7) is -0.0999. The number of nitrogens with zero attached hydrogens (tertiary/aromatic N) is 3. The van der Waals surface area contributed by atoms with Crippen molar-refractivity contribution >= 4 is 21.8 Å². The first-order chi connectivity index (χ1) is 21.8. The van der Waals surface area contributed by atoms with E-state index in [-0.39, 0.29) is 32.5 Å². The number of sulfonamides is 1. The van der Waals surface area contributed by atoms with Crippen LogP contribution in [-0.2, 0) is 32.6 Å². The van der Waals surface area contributed by atoms with Gasteiger partial charge in [-0.05, 0) is 42.3 Å². The van der Waals surface area contributed by atoms with E-state index < -0.39 is 45.1 Å². The molecule has 0 saturated carbocycles. The molecule has 0 radical (unpaired) electrons. The monoisotopic (exact) mass is 635 g/mol. The van der Waals surface area contributed by atoms with Crippen molar-refractivity contribution in [2.75, 3.05) is 33.4 Å². The molecule has 45 heavy (non-hydrogen) atoms. The maximum absolute atomic E-state index is 14.7. The first-order valence-corrected chi connectivity index (χ1v) is 15.9. The number of hydrogen-bond acceptors (Lipinski definition) is 7. The summed E-state index contributed by atoms with van der Waals surface area (Å²) < 4.78 is 56.1. The summed E-state index contributed by atoms with van der Waals surface area (Å²) in [5.74, 6) is -0.538. The minimum absolute atomic E-state index is 0.0677. The van der Waals surface area contributed by atoms with E-state index in [0.29, 0.717) is 23.9 Å². The fourth-order valence-electron chi connectivity index (χ4n) is 5.06. The molecule has 3 aromatic carbocycles. The van der Waals surface area contributed by atoms with E-state index >= 15 is 0 Å². The number of fused-ring (bicyclic) bond motifs is 4. The third-order valence-corrected chi connectivity index (χ3v) is 9.19. The van der Waals surface area contributed by atoms with Crippen LogP contribution in [0.3, 0.4) is 0 Å². The van der Waals surface area contributed by atoms with Gasteiger partial charge in [0.25, 0.3) is 0 Å². The van der Waals surface area contributed by atoms with Crippen LogP contribution in [0.5, 0.6) is 11.5 Å². The van der Waals surface area contributed by atoms with Gasteiger partial charge in [0.05, 0.1) is 20.3 Å². The lowest BCUT2D eigenvalue weighted by Crippen LogP contribution is -2.51. The largest absolute Gasteiger partial charge is 0.493 e. The highest BCUT2D eigenvalue weighted by molar-refractivity contribution is 7.89. The van der Waals surface area contributed by atoms with Gasteiger partial charge in [0.1, 0.15) is 22.6 Å². The number of imidazole rings is 1. The van der Waals surface area contributed by atoms with Gasteiger partial charge in [-0.25, -0.2) is 17.8 Å². The molecule has 2 heterocycles. The average molecular weight is 636 g/mol. The van der Waals surface area contributed by atoms with Crippen molar-refractivity contribution in [3.8, 4) is 22.9 Å². The van der Waals surface area contributed by atoms with E-state index in [1.54, 1.807) is 24.5 Å². The zero-order chi connectivity index (χ0) is 31.8. The Labute approximate surface area is 261 Å². The van der Waals surface area contributed by atoms with Crippen molar-refractivity contribution < 1.29 is 31.9 Å². The van der Waals surface area contributed by atoms with Crippen LogP contribution in [0.25, 0.3) is 11.4 Å². The van der Waals surface area contributed by atoms with Gasteiger partial charge in [0.15, 0.2) is 11.5 Å². The second kappa shape index (κ2) is 14.4. The molecule has 236 valence electrons. The molecule has 1 atom stereocenters. The highest BCUT2D eigenvalue weighted by atomic mass is 32.2. The van der Waals surface area contributed by atoms with Gasteiger partial charge >= 0.3 is 0 Å². The number of benzene rings is 3. The van der Waals surface area contributed by atoms with Gasteiger partial charge in [0.2, 0.25) is 21.8 Å². The minimum atomic E-state index is -4.43. The number of rotatable bonds is 5. The van der Waals surface area contributed by atoms with Crippen molar-refractivity contribution in [2.45, 2.75) is 30.3 Å². The number of amides is 2. The zero-order valence-corrected chi connectivity index (χ0v) is 25.5. The SMILES string of the molecule is COc1ccc2cc1OCCCN(S(=O)(=O)c1ccccc1F)CC(=O)N[C@@H](Cc1ccccc1)C(=O)NCCn1ccnc1-2. The van der Waals surface area contributed by atoms with E-state index in [2.05, 4.69) is 15.6 Å². The summed E-state index contributed by atoms with van der Waals surface area (Å²) in [6.07, 6.45) is 3.81. The van der Waals surface area contributed by atoms with Gasteiger partial charge in [0, 0.05) is 44.0 Å². The summed E-state index contributed by atoms with van der Waals surface area (Å²) in [4.78, 5) is 30.7. The molecular formula is C32H34FN5O6S. The Hall–Kier alpha value is -4.75. The van der Waals surface area contributed by atoms with Crippen molar-refractivity contribution in [3.05, 3.63) is 96.6 Å². The van der Waals surface area contributed by atoms with Crippen LogP contribution in [-0.4, -0.2) is 73.5 Å². The lowest BCUT2D eigenvalue weighted by molar-refractivity contribution is -0.129. The minimum Gasteiger partial charge on any atom is -0.493 e.